The van der Waals surface area contributed by atoms with Crippen LogP contribution in [0.2, 0.25) is 0 Å². The molecule has 3 amide bonds. The predicted octanol–water partition coefficient (Wildman–Crippen LogP) is 5.29. The maximum atomic E-state index is 13.2. The molecule has 1 saturated carbocycles. The molecule has 0 bridgehead atoms. The number of nitrogens with one attached hydrogen (secondary N) is 3. The van der Waals surface area contributed by atoms with Gasteiger partial charge in [0.1, 0.15) is 23.6 Å². The van der Waals surface area contributed by atoms with Gasteiger partial charge in [-0.05, 0) is 55.3 Å². The molecule has 182 valence electrons. The van der Waals surface area contributed by atoms with Gasteiger partial charge in [0.25, 0.3) is 0 Å². The molecule has 0 unspecified atom stereocenters. The highest BCUT2D eigenvalue weighted by Gasteiger charge is 2.34. The van der Waals surface area contributed by atoms with Gasteiger partial charge in [-0.2, -0.15) is 13.2 Å². The fourth-order valence-corrected chi connectivity index (χ4v) is 3.07. The van der Waals surface area contributed by atoms with Gasteiger partial charge in [0.05, 0.1) is 12.7 Å². The number of anilines is 3. The molecule has 4 rings (SSSR count). The SMILES string of the molecule is COc1ccc(NC(=O)Nc2ccc(Oc3cc(NC(=O)C4CC4)ncn3)cc2)cc1C(F)(F)F. The van der Waals surface area contributed by atoms with Crippen molar-refractivity contribution in [3.63, 3.8) is 0 Å². The number of urea groups is 1. The summed E-state index contributed by atoms with van der Waals surface area (Å²) < 4.78 is 49.9. The molecule has 0 spiro atoms. The Balaban J connectivity index is 1.35. The van der Waals surface area contributed by atoms with Crippen molar-refractivity contribution in [2.24, 2.45) is 5.92 Å². The van der Waals surface area contributed by atoms with Crippen LogP contribution in [0.15, 0.2) is 54.9 Å². The lowest BCUT2D eigenvalue weighted by Crippen LogP contribution is -2.20. The van der Waals surface area contributed by atoms with E-state index in [0.717, 1.165) is 32.1 Å². The lowest BCUT2D eigenvalue weighted by atomic mass is 10.1. The highest BCUT2D eigenvalue weighted by Crippen LogP contribution is 2.37. The zero-order valence-electron chi connectivity index (χ0n) is 18.3. The zero-order valence-corrected chi connectivity index (χ0v) is 18.3. The molecule has 1 aliphatic carbocycles. The first-order valence-electron chi connectivity index (χ1n) is 10.5. The van der Waals surface area contributed by atoms with E-state index in [1.807, 2.05) is 0 Å². The van der Waals surface area contributed by atoms with Crippen molar-refractivity contribution in [3.8, 4) is 17.4 Å². The van der Waals surface area contributed by atoms with Crippen LogP contribution in [0, 0.1) is 5.92 Å². The van der Waals surface area contributed by atoms with Crippen LogP contribution in [0.4, 0.5) is 35.2 Å². The number of ether oxygens (including phenoxy) is 2. The Morgan fingerprint density at radius 1 is 0.943 bits per heavy atom. The number of amides is 3. The molecule has 0 atom stereocenters. The number of halogens is 3. The third kappa shape index (κ3) is 6.37. The van der Waals surface area contributed by atoms with E-state index in [9.17, 15) is 22.8 Å². The van der Waals surface area contributed by atoms with E-state index in [0.29, 0.717) is 17.3 Å². The first-order valence-corrected chi connectivity index (χ1v) is 10.5. The first kappa shape index (κ1) is 23.8. The van der Waals surface area contributed by atoms with Gasteiger partial charge >= 0.3 is 12.2 Å². The highest BCUT2D eigenvalue weighted by atomic mass is 19.4. The average molecular weight is 487 g/mol. The summed E-state index contributed by atoms with van der Waals surface area (Å²) in [6, 6.07) is 10.2. The average Bonchev–Trinajstić information content (AvgIpc) is 3.66. The fourth-order valence-electron chi connectivity index (χ4n) is 3.07. The maximum Gasteiger partial charge on any atom is 0.420 e. The van der Waals surface area contributed by atoms with Crippen molar-refractivity contribution in [1.82, 2.24) is 9.97 Å². The second kappa shape index (κ2) is 9.87. The quantitative estimate of drug-likeness (QED) is 0.417. The molecule has 3 N–H and O–H groups in total. The molecule has 3 aromatic rings. The number of nitrogens with zero attached hydrogens (tertiary/aromatic N) is 2. The van der Waals surface area contributed by atoms with Crippen molar-refractivity contribution < 1.29 is 32.2 Å². The van der Waals surface area contributed by atoms with E-state index in [2.05, 4.69) is 25.9 Å². The minimum absolute atomic E-state index is 0.0305. The van der Waals surface area contributed by atoms with Gasteiger partial charge in [0.2, 0.25) is 11.8 Å². The summed E-state index contributed by atoms with van der Waals surface area (Å²) in [7, 11) is 1.13. The van der Waals surface area contributed by atoms with Gasteiger partial charge in [-0.15, -0.1) is 0 Å². The number of hydrogen-bond acceptors (Lipinski definition) is 6. The van der Waals surface area contributed by atoms with Crippen LogP contribution in [0.25, 0.3) is 0 Å². The van der Waals surface area contributed by atoms with E-state index in [1.54, 1.807) is 24.3 Å². The van der Waals surface area contributed by atoms with Crippen molar-refractivity contribution in [1.29, 1.82) is 0 Å². The summed E-state index contributed by atoms with van der Waals surface area (Å²) in [5, 5.41) is 7.58. The lowest BCUT2D eigenvalue weighted by molar-refractivity contribution is -0.138. The van der Waals surface area contributed by atoms with E-state index < -0.39 is 17.8 Å². The second-order valence-electron chi connectivity index (χ2n) is 7.62. The molecule has 1 aliphatic rings. The number of benzene rings is 2. The predicted molar refractivity (Wildman–Crippen MR) is 121 cm³/mol. The van der Waals surface area contributed by atoms with Crippen LogP contribution in [0.1, 0.15) is 18.4 Å². The summed E-state index contributed by atoms with van der Waals surface area (Å²) in [5.41, 5.74) is -0.678. The molecule has 0 aliphatic heterocycles. The number of alkyl halides is 3. The molecule has 0 saturated heterocycles. The number of carbonyl (C=O) groups is 2. The third-order valence-electron chi connectivity index (χ3n) is 4.94. The van der Waals surface area contributed by atoms with Crippen LogP contribution in [0.3, 0.4) is 0 Å². The Labute approximate surface area is 197 Å². The third-order valence-corrected chi connectivity index (χ3v) is 4.94. The largest absolute Gasteiger partial charge is 0.496 e. The van der Waals surface area contributed by atoms with Gasteiger partial charge in [-0.25, -0.2) is 14.8 Å². The molecular formula is C23H20F3N5O4. The van der Waals surface area contributed by atoms with E-state index in [4.69, 9.17) is 9.47 Å². The molecule has 1 aromatic heterocycles. The van der Waals surface area contributed by atoms with Gasteiger partial charge in [0, 0.05) is 23.4 Å². The smallest absolute Gasteiger partial charge is 0.420 e. The number of methoxy groups -OCH3 is 1. The second-order valence-corrected chi connectivity index (χ2v) is 7.62. The highest BCUT2D eigenvalue weighted by molar-refractivity contribution is 5.99. The normalized spacial score (nSPS) is 13.0. The Morgan fingerprint density at radius 2 is 1.63 bits per heavy atom. The molecule has 2 aromatic carbocycles. The number of hydrogen-bond donors (Lipinski definition) is 3. The summed E-state index contributed by atoms with van der Waals surface area (Å²) in [6.07, 6.45) is -1.63. The summed E-state index contributed by atoms with van der Waals surface area (Å²) in [5.74, 6) is 0.536. The molecule has 9 nitrogen and oxygen atoms in total. The maximum absolute atomic E-state index is 13.2. The van der Waals surface area contributed by atoms with Gasteiger partial charge < -0.3 is 25.4 Å². The number of carbonyl (C=O) groups excluding carboxylic acids is 2. The number of rotatable bonds is 7. The van der Waals surface area contributed by atoms with Crippen LogP contribution in [0.5, 0.6) is 17.4 Å². The standard InChI is InChI=1S/C23H20F3N5O4/c1-34-18-9-6-15(10-17(18)23(24,25)26)30-22(33)29-14-4-7-16(8-5-14)35-20-11-19(27-12-28-20)31-21(32)13-2-3-13/h4-13H,2-3H2,1H3,(H2,29,30,33)(H,27,28,31,32). The van der Waals surface area contributed by atoms with Crippen LogP contribution >= 0.6 is 0 Å². The molecule has 1 heterocycles. The number of aromatic nitrogens is 2. The molecule has 0 radical (unpaired) electrons. The molecule has 1 fully saturated rings. The Hall–Kier alpha value is -4.35. The topological polar surface area (TPSA) is 114 Å². The van der Waals surface area contributed by atoms with Crippen molar-refractivity contribution in [2.75, 3.05) is 23.1 Å². The van der Waals surface area contributed by atoms with Gasteiger partial charge in [-0.1, -0.05) is 0 Å². The van der Waals surface area contributed by atoms with Crippen molar-refractivity contribution in [3.05, 3.63) is 60.4 Å². The minimum atomic E-state index is -4.64. The van der Waals surface area contributed by atoms with Gasteiger partial charge in [0.15, 0.2) is 0 Å². The summed E-state index contributed by atoms with van der Waals surface area (Å²) in [4.78, 5) is 32.1. The minimum Gasteiger partial charge on any atom is -0.496 e. The van der Waals surface area contributed by atoms with E-state index in [-0.39, 0.29) is 29.1 Å². The Kier molecular flexibility index (Phi) is 6.71. The van der Waals surface area contributed by atoms with Crippen LogP contribution in [-0.2, 0) is 11.0 Å². The fraction of sp³-hybridized carbons (Fsp3) is 0.217. The molecule has 35 heavy (non-hydrogen) atoms. The van der Waals surface area contributed by atoms with Gasteiger partial charge in [-0.3, -0.25) is 4.79 Å². The monoisotopic (exact) mass is 487 g/mol. The van der Waals surface area contributed by atoms with E-state index in [1.165, 1.54) is 18.5 Å². The summed E-state index contributed by atoms with van der Waals surface area (Å²) >= 11 is 0. The van der Waals surface area contributed by atoms with Crippen LogP contribution in [-0.4, -0.2) is 29.0 Å². The summed E-state index contributed by atoms with van der Waals surface area (Å²) in [6.45, 7) is 0. The van der Waals surface area contributed by atoms with E-state index >= 15 is 0 Å². The van der Waals surface area contributed by atoms with Crippen LogP contribution < -0.4 is 25.4 Å². The lowest BCUT2D eigenvalue weighted by Gasteiger charge is -2.14. The molecule has 12 heteroatoms. The Morgan fingerprint density at radius 3 is 2.29 bits per heavy atom. The van der Waals surface area contributed by atoms with Crippen molar-refractivity contribution in [2.45, 2.75) is 19.0 Å². The zero-order chi connectivity index (χ0) is 25.0. The van der Waals surface area contributed by atoms with Crippen molar-refractivity contribution >= 4 is 29.1 Å². The first-order chi connectivity index (χ1) is 16.7. The Bertz CT molecular complexity index is 1230. The molecular weight excluding hydrogens is 467 g/mol.